The smallest absolute Gasteiger partial charge is 0.255 e. The van der Waals surface area contributed by atoms with Crippen LogP contribution >= 0.6 is 0 Å². The van der Waals surface area contributed by atoms with Gasteiger partial charge in [0.05, 0.1) is 41.4 Å². The number of para-hydroxylation sites is 1. The second kappa shape index (κ2) is 13.8. The van der Waals surface area contributed by atoms with Gasteiger partial charge in [0, 0.05) is 50.2 Å². The third-order valence-corrected chi connectivity index (χ3v) is 8.89. The summed E-state index contributed by atoms with van der Waals surface area (Å²) >= 11 is 0. The van der Waals surface area contributed by atoms with Crippen LogP contribution in [0.2, 0.25) is 0 Å². The maximum atomic E-state index is 15.0. The molecule has 9 nitrogen and oxygen atoms in total. The molecule has 1 fully saturated rings. The van der Waals surface area contributed by atoms with Gasteiger partial charge in [0.1, 0.15) is 18.2 Å². The molecule has 2 aliphatic heterocycles. The largest absolute Gasteiger partial charge is 0.507 e. The molecular formula is C36H41FN6O3. The molecule has 0 radical (unpaired) electrons. The van der Waals surface area contributed by atoms with Crippen molar-refractivity contribution >= 4 is 17.3 Å². The van der Waals surface area contributed by atoms with Gasteiger partial charge in [-0.15, -0.1) is 0 Å². The number of aromatic nitrogens is 2. The van der Waals surface area contributed by atoms with Crippen LogP contribution in [0.4, 0.5) is 15.8 Å². The molecule has 240 valence electrons. The normalized spacial score (nSPS) is 16.2. The van der Waals surface area contributed by atoms with Crippen LogP contribution < -0.4 is 15.0 Å². The summed E-state index contributed by atoms with van der Waals surface area (Å²) in [6, 6.07) is 17.8. The van der Waals surface area contributed by atoms with Crippen molar-refractivity contribution in [3.05, 3.63) is 95.7 Å². The Morgan fingerprint density at radius 1 is 1.02 bits per heavy atom. The molecule has 1 unspecified atom stereocenters. The van der Waals surface area contributed by atoms with Gasteiger partial charge < -0.3 is 25.0 Å². The van der Waals surface area contributed by atoms with Gasteiger partial charge in [-0.25, -0.2) is 4.39 Å². The van der Waals surface area contributed by atoms with Crippen LogP contribution in [-0.2, 0) is 0 Å². The van der Waals surface area contributed by atoms with Crippen molar-refractivity contribution in [3.8, 4) is 22.8 Å². The molecule has 6 rings (SSSR count). The zero-order valence-electron chi connectivity index (χ0n) is 26.6. The molecule has 46 heavy (non-hydrogen) atoms. The number of likely N-dealkylation sites (N-methyl/N-ethyl adjacent to an activating group) is 1. The molecule has 1 amide bonds. The van der Waals surface area contributed by atoms with E-state index in [2.05, 4.69) is 52.0 Å². The monoisotopic (exact) mass is 624 g/mol. The molecule has 0 saturated carbocycles. The Morgan fingerprint density at radius 2 is 1.83 bits per heavy atom. The van der Waals surface area contributed by atoms with Crippen LogP contribution in [0.15, 0.2) is 73.1 Å². The van der Waals surface area contributed by atoms with Crippen LogP contribution in [0.25, 0.3) is 11.3 Å². The predicted octanol–water partition coefficient (Wildman–Crippen LogP) is 5.75. The van der Waals surface area contributed by atoms with Crippen molar-refractivity contribution in [2.75, 3.05) is 57.8 Å². The lowest BCUT2D eigenvalue weighted by atomic mass is 9.98. The Labute approximate surface area is 269 Å². The number of fused-ring (bicyclic) bond motifs is 1. The third-order valence-electron chi connectivity index (χ3n) is 8.89. The number of amides is 1. The molecule has 1 atom stereocenters. The van der Waals surface area contributed by atoms with Gasteiger partial charge in [-0.2, -0.15) is 0 Å². The van der Waals surface area contributed by atoms with Crippen LogP contribution in [-0.4, -0.2) is 83.7 Å². The van der Waals surface area contributed by atoms with Crippen molar-refractivity contribution < 1.29 is 19.0 Å². The number of nitrogens with one attached hydrogen (secondary N) is 1. The number of carbonyl (C=O) groups excluding carboxylic acids is 1. The van der Waals surface area contributed by atoms with Gasteiger partial charge in [0.15, 0.2) is 5.75 Å². The average molecular weight is 625 g/mol. The number of ether oxygens (including phenoxy) is 1. The molecule has 0 bridgehead atoms. The number of anilines is 2. The van der Waals surface area contributed by atoms with Crippen molar-refractivity contribution in [1.29, 1.82) is 0 Å². The first kappa shape index (κ1) is 31.4. The highest BCUT2D eigenvalue weighted by Crippen LogP contribution is 2.40. The van der Waals surface area contributed by atoms with E-state index in [9.17, 15) is 9.90 Å². The minimum absolute atomic E-state index is 0.0281. The molecule has 0 aliphatic carbocycles. The van der Waals surface area contributed by atoms with Gasteiger partial charge in [0.25, 0.3) is 5.91 Å². The first-order valence-corrected chi connectivity index (χ1v) is 15.9. The number of rotatable bonds is 9. The van der Waals surface area contributed by atoms with Crippen LogP contribution in [0.1, 0.15) is 53.8 Å². The summed E-state index contributed by atoms with van der Waals surface area (Å²) in [7, 11) is 2.13. The Morgan fingerprint density at radius 3 is 2.61 bits per heavy atom. The van der Waals surface area contributed by atoms with Gasteiger partial charge in [-0.1, -0.05) is 32.0 Å². The highest BCUT2D eigenvalue weighted by Gasteiger charge is 2.27. The Balaban J connectivity index is 1.28. The van der Waals surface area contributed by atoms with Gasteiger partial charge in [-0.05, 0) is 67.4 Å². The van der Waals surface area contributed by atoms with E-state index in [4.69, 9.17) is 9.72 Å². The molecule has 4 aromatic rings. The van der Waals surface area contributed by atoms with Crippen molar-refractivity contribution in [3.63, 3.8) is 0 Å². The minimum Gasteiger partial charge on any atom is -0.507 e. The number of phenols is 1. The summed E-state index contributed by atoms with van der Waals surface area (Å²) in [4.78, 5) is 29.2. The summed E-state index contributed by atoms with van der Waals surface area (Å²) in [6.45, 7) is 9.37. The zero-order chi connectivity index (χ0) is 32.2. The minimum atomic E-state index is -0.309. The highest BCUT2D eigenvalue weighted by molar-refractivity contribution is 5.96. The quantitative estimate of drug-likeness (QED) is 0.243. The van der Waals surface area contributed by atoms with Crippen molar-refractivity contribution in [2.24, 2.45) is 0 Å². The number of pyridine rings is 2. The second-order valence-electron chi connectivity index (χ2n) is 12.3. The summed E-state index contributed by atoms with van der Waals surface area (Å²) in [5.41, 5.74) is 5.03. The summed E-state index contributed by atoms with van der Waals surface area (Å²) in [5, 5.41) is 13.1. The van der Waals surface area contributed by atoms with Gasteiger partial charge in [0.2, 0.25) is 0 Å². The lowest BCUT2D eigenvalue weighted by Crippen LogP contribution is -2.46. The van der Waals surface area contributed by atoms with Gasteiger partial charge >= 0.3 is 0 Å². The maximum Gasteiger partial charge on any atom is 0.255 e. The van der Waals surface area contributed by atoms with E-state index >= 15 is 4.39 Å². The molecule has 2 aromatic carbocycles. The molecule has 0 spiro atoms. The number of aromatic hydroxyl groups is 1. The zero-order valence-corrected chi connectivity index (χ0v) is 26.6. The number of hydrogen-bond donors (Lipinski definition) is 2. The number of phenolic OH excluding ortho intramolecular Hbond substituents is 1. The SMILES string of the molecule is CC(C)c1ccc(F)c(-c2cc3c(cn2)OCCN3c2ccnc(C(CCNC(=O)c3ccccc3O)N3CCN(C)CC3)c2)c1. The first-order valence-electron chi connectivity index (χ1n) is 15.9. The molecular weight excluding hydrogens is 583 g/mol. The average Bonchev–Trinajstić information content (AvgIpc) is 3.07. The van der Waals surface area contributed by atoms with Crippen molar-refractivity contribution in [1.82, 2.24) is 25.1 Å². The fourth-order valence-corrected chi connectivity index (χ4v) is 6.16. The van der Waals surface area contributed by atoms with E-state index in [1.54, 1.807) is 24.4 Å². The molecule has 4 heterocycles. The number of piperazine rings is 1. The van der Waals surface area contributed by atoms with Crippen LogP contribution in [0, 0.1) is 5.82 Å². The van der Waals surface area contributed by atoms with E-state index in [0.29, 0.717) is 43.1 Å². The fourth-order valence-electron chi connectivity index (χ4n) is 6.16. The lowest BCUT2D eigenvalue weighted by molar-refractivity contribution is 0.0917. The lowest BCUT2D eigenvalue weighted by Gasteiger charge is -2.38. The number of hydrogen-bond acceptors (Lipinski definition) is 8. The highest BCUT2D eigenvalue weighted by atomic mass is 19.1. The number of halogens is 1. The maximum absolute atomic E-state index is 15.0. The first-order chi connectivity index (χ1) is 22.3. The van der Waals surface area contributed by atoms with E-state index in [1.807, 2.05) is 30.5 Å². The number of nitrogens with zero attached hydrogens (tertiary/aromatic N) is 5. The standard InChI is InChI=1S/C36H41FN6O3/c1-24(2)25-8-9-29(37)28(20-25)30-22-33-35(23-40-30)46-19-18-43(33)26-10-12-38-31(21-26)32(42-16-14-41(3)15-17-42)11-13-39-36(45)27-6-4-5-7-34(27)44/h4-10,12,20-24,32,44H,11,13-19H2,1-3H3,(H,39,45). The fraction of sp³-hybridized carbons (Fsp3) is 0.361. The molecule has 2 aromatic heterocycles. The summed E-state index contributed by atoms with van der Waals surface area (Å²) < 4.78 is 21.0. The number of carbonyl (C=O) groups is 1. The predicted molar refractivity (Wildman–Crippen MR) is 177 cm³/mol. The van der Waals surface area contributed by atoms with E-state index < -0.39 is 0 Å². The van der Waals surface area contributed by atoms with E-state index in [0.717, 1.165) is 48.8 Å². The third kappa shape index (κ3) is 6.83. The number of benzene rings is 2. The summed E-state index contributed by atoms with van der Waals surface area (Å²) in [6.07, 6.45) is 4.16. The van der Waals surface area contributed by atoms with E-state index in [-0.39, 0.29) is 35.0 Å². The topological polar surface area (TPSA) is 94.1 Å². The Kier molecular flexibility index (Phi) is 9.46. The Hall–Kier alpha value is -4.54. The molecule has 2 aliphatic rings. The Bertz CT molecular complexity index is 1690. The molecule has 2 N–H and O–H groups in total. The second-order valence-corrected chi connectivity index (χ2v) is 12.3. The van der Waals surface area contributed by atoms with Crippen LogP contribution in [0.3, 0.4) is 0 Å². The molecule has 1 saturated heterocycles. The van der Waals surface area contributed by atoms with Gasteiger partial charge in [-0.3, -0.25) is 19.7 Å². The van der Waals surface area contributed by atoms with Crippen LogP contribution in [0.5, 0.6) is 11.5 Å². The summed E-state index contributed by atoms with van der Waals surface area (Å²) in [5.74, 6) is 0.262. The molecule has 10 heteroatoms. The van der Waals surface area contributed by atoms with E-state index in [1.165, 1.54) is 12.1 Å². The van der Waals surface area contributed by atoms with Crippen molar-refractivity contribution in [2.45, 2.75) is 32.2 Å².